The topological polar surface area (TPSA) is 51.0 Å². The van der Waals surface area contributed by atoms with Crippen LogP contribution < -0.4 is 4.90 Å². The predicted molar refractivity (Wildman–Crippen MR) is 121 cm³/mol. The molecule has 2 aromatic heterocycles. The summed E-state index contributed by atoms with van der Waals surface area (Å²) in [5.41, 5.74) is 1.94. The molecule has 0 N–H and O–H groups in total. The van der Waals surface area contributed by atoms with Crippen molar-refractivity contribution in [1.29, 1.82) is 0 Å². The lowest BCUT2D eigenvalue weighted by Crippen LogP contribution is -2.35. The van der Waals surface area contributed by atoms with Crippen molar-refractivity contribution in [3.63, 3.8) is 0 Å². The number of aromatic nitrogens is 3. The van der Waals surface area contributed by atoms with E-state index < -0.39 is 0 Å². The zero-order valence-corrected chi connectivity index (χ0v) is 18.2. The third-order valence-electron chi connectivity index (χ3n) is 4.39. The molecule has 0 fully saturated rings. The number of fused-ring (bicyclic) bond motifs is 1. The van der Waals surface area contributed by atoms with Crippen molar-refractivity contribution in [1.82, 2.24) is 14.8 Å². The molecular formula is C21H19ClN4OS2. The van der Waals surface area contributed by atoms with Gasteiger partial charge in [0, 0.05) is 23.8 Å². The molecule has 0 aliphatic heterocycles. The average Bonchev–Trinajstić information content (AvgIpc) is 3.38. The van der Waals surface area contributed by atoms with Crippen LogP contribution in [-0.2, 0) is 11.3 Å². The van der Waals surface area contributed by atoms with Gasteiger partial charge in [0.2, 0.25) is 5.91 Å². The third-order valence-corrected chi connectivity index (χ3v) is 6.73. The van der Waals surface area contributed by atoms with E-state index in [1.807, 2.05) is 47.3 Å². The Balaban J connectivity index is 1.55. The van der Waals surface area contributed by atoms with Crippen LogP contribution in [0, 0.1) is 6.92 Å². The number of para-hydroxylation sites is 1. The minimum Gasteiger partial charge on any atom is -0.285 e. The molecular weight excluding hydrogens is 424 g/mol. The summed E-state index contributed by atoms with van der Waals surface area (Å²) in [5, 5.41) is 5.49. The molecule has 0 aliphatic rings. The second-order valence-electron chi connectivity index (χ2n) is 6.50. The van der Waals surface area contributed by atoms with Gasteiger partial charge in [0.1, 0.15) is 5.52 Å². The number of benzene rings is 2. The van der Waals surface area contributed by atoms with Crippen molar-refractivity contribution >= 4 is 56.0 Å². The molecule has 2 heterocycles. The maximum atomic E-state index is 13.1. The molecule has 0 saturated carbocycles. The van der Waals surface area contributed by atoms with Crippen LogP contribution in [0.15, 0.2) is 65.8 Å². The lowest BCUT2D eigenvalue weighted by Gasteiger charge is -2.19. The number of carbonyl (C=O) groups excluding carboxylic acids is 1. The summed E-state index contributed by atoms with van der Waals surface area (Å²) in [6.07, 6.45) is 3.62. The Kier molecular flexibility index (Phi) is 6.18. The van der Waals surface area contributed by atoms with Crippen molar-refractivity contribution in [2.75, 3.05) is 17.2 Å². The summed E-state index contributed by atoms with van der Waals surface area (Å²) in [4.78, 5) is 20.6. The first-order valence-corrected chi connectivity index (χ1v) is 11.3. The van der Waals surface area contributed by atoms with Crippen LogP contribution in [-0.4, -0.2) is 33.0 Å². The summed E-state index contributed by atoms with van der Waals surface area (Å²) >= 11 is 9.30. The fourth-order valence-electron chi connectivity index (χ4n) is 2.84. The molecule has 0 spiro atoms. The number of nitrogens with zero attached hydrogens (tertiary/aromatic N) is 4. The molecule has 0 unspecified atom stereocenters. The molecule has 29 heavy (non-hydrogen) atoms. The highest BCUT2D eigenvalue weighted by Gasteiger charge is 2.20. The zero-order valence-electron chi connectivity index (χ0n) is 15.8. The SMILES string of the molecule is Cc1ccc(SCC(=O)N(CCn2cccn2)c2nc3c(Cl)cccc3s2)cc1. The first-order chi connectivity index (χ1) is 14.1. The maximum absolute atomic E-state index is 13.1. The van der Waals surface area contributed by atoms with Crippen LogP contribution in [0.4, 0.5) is 5.13 Å². The van der Waals surface area contributed by atoms with E-state index in [2.05, 4.69) is 29.1 Å². The number of halogens is 1. The molecule has 2 aromatic carbocycles. The minimum atomic E-state index is 0.0120. The van der Waals surface area contributed by atoms with Gasteiger partial charge in [-0.3, -0.25) is 14.4 Å². The van der Waals surface area contributed by atoms with Crippen molar-refractivity contribution in [3.8, 4) is 0 Å². The Morgan fingerprint density at radius 3 is 2.76 bits per heavy atom. The van der Waals surface area contributed by atoms with E-state index in [0.717, 1.165) is 15.1 Å². The second-order valence-corrected chi connectivity index (χ2v) is 8.96. The van der Waals surface area contributed by atoms with E-state index in [1.165, 1.54) is 28.7 Å². The van der Waals surface area contributed by atoms with Gasteiger partial charge >= 0.3 is 0 Å². The highest BCUT2D eigenvalue weighted by Crippen LogP contribution is 2.33. The fourth-order valence-corrected chi connectivity index (χ4v) is 4.92. The van der Waals surface area contributed by atoms with Crippen molar-refractivity contribution in [3.05, 3.63) is 71.5 Å². The van der Waals surface area contributed by atoms with Crippen molar-refractivity contribution < 1.29 is 4.79 Å². The van der Waals surface area contributed by atoms with Gasteiger partial charge in [0.05, 0.1) is 22.0 Å². The number of hydrogen-bond donors (Lipinski definition) is 0. The van der Waals surface area contributed by atoms with Gasteiger partial charge < -0.3 is 0 Å². The number of carbonyl (C=O) groups is 1. The number of rotatable bonds is 7. The van der Waals surface area contributed by atoms with E-state index in [9.17, 15) is 4.79 Å². The molecule has 0 atom stereocenters. The Labute approximate surface area is 182 Å². The average molecular weight is 443 g/mol. The van der Waals surface area contributed by atoms with Gasteiger partial charge in [-0.15, -0.1) is 11.8 Å². The predicted octanol–water partition coefficient (Wildman–Crippen LogP) is 5.28. The summed E-state index contributed by atoms with van der Waals surface area (Å²) in [6, 6.07) is 15.7. The van der Waals surface area contributed by atoms with Crippen LogP contribution >= 0.6 is 34.7 Å². The van der Waals surface area contributed by atoms with Gasteiger partial charge in [-0.05, 0) is 37.3 Å². The first-order valence-electron chi connectivity index (χ1n) is 9.12. The lowest BCUT2D eigenvalue weighted by molar-refractivity contribution is -0.116. The Morgan fingerprint density at radius 1 is 1.21 bits per heavy atom. The molecule has 0 bridgehead atoms. The van der Waals surface area contributed by atoms with Gasteiger partial charge in [-0.2, -0.15) is 5.10 Å². The Bertz CT molecular complexity index is 1110. The van der Waals surface area contributed by atoms with E-state index in [4.69, 9.17) is 11.6 Å². The van der Waals surface area contributed by atoms with E-state index in [0.29, 0.717) is 29.0 Å². The number of aryl methyl sites for hydroxylation is 1. The smallest absolute Gasteiger partial charge is 0.239 e. The van der Waals surface area contributed by atoms with Crippen LogP contribution in [0.2, 0.25) is 5.02 Å². The Morgan fingerprint density at radius 2 is 2.03 bits per heavy atom. The fraction of sp³-hybridized carbons (Fsp3) is 0.190. The third kappa shape index (κ3) is 4.80. The van der Waals surface area contributed by atoms with E-state index >= 15 is 0 Å². The monoisotopic (exact) mass is 442 g/mol. The highest BCUT2D eigenvalue weighted by molar-refractivity contribution is 8.00. The van der Waals surface area contributed by atoms with Crippen molar-refractivity contribution in [2.24, 2.45) is 0 Å². The summed E-state index contributed by atoms with van der Waals surface area (Å²) in [6.45, 7) is 3.14. The standard InChI is InChI=1S/C21H19ClN4OS2/c1-15-6-8-16(9-7-15)28-14-19(27)26(13-12-25-11-3-10-23-25)21-24-20-17(22)4-2-5-18(20)29-21/h2-11H,12-14H2,1H3. The highest BCUT2D eigenvalue weighted by atomic mass is 35.5. The lowest BCUT2D eigenvalue weighted by atomic mass is 10.2. The Hall–Kier alpha value is -2.35. The molecule has 0 saturated heterocycles. The molecule has 0 aliphatic carbocycles. The number of anilines is 1. The summed E-state index contributed by atoms with van der Waals surface area (Å²) in [5.74, 6) is 0.351. The van der Waals surface area contributed by atoms with Crippen LogP contribution in [0.5, 0.6) is 0 Å². The molecule has 8 heteroatoms. The van der Waals surface area contributed by atoms with Gasteiger partial charge in [0.25, 0.3) is 0 Å². The number of amides is 1. The van der Waals surface area contributed by atoms with Crippen LogP contribution in [0.3, 0.4) is 0 Å². The van der Waals surface area contributed by atoms with Crippen LogP contribution in [0.25, 0.3) is 10.2 Å². The minimum absolute atomic E-state index is 0.0120. The molecule has 1 amide bonds. The second kappa shape index (κ2) is 8.98. The maximum Gasteiger partial charge on any atom is 0.239 e. The van der Waals surface area contributed by atoms with Gasteiger partial charge in [-0.25, -0.2) is 4.98 Å². The van der Waals surface area contributed by atoms with Crippen molar-refractivity contribution in [2.45, 2.75) is 18.4 Å². The summed E-state index contributed by atoms with van der Waals surface area (Å²) in [7, 11) is 0. The normalized spacial score (nSPS) is 11.1. The largest absolute Gasteiger partial charge is 0.285 e. The molecule has 148 valence electrons. The number of hydrogen-bond acceptors (Lipinski definition) is 5. The molecule has 0 radical (unpaired) electrons. The number of thioether (sulfide) groups is 1. The molecule has 5 nitrogen and oxygen atoms in total. The van der Waals surface area contributed by atoms with Crippen LogP contribution in [0.1, 0.15) is 5.56 Å². The van der Waals surface area contributed by atoms with Gasteiger partial charge in [0.15, 0.2) is 5.13 Å². The van der Waals surface area contributed by atoms with E-state index in [-0.39, 0.29) is 5.91 Å². The van der Waals surface area contributed by atoms with E-state index in [1.54, 1.807) is 11.1 Å². The quantitative estimate of drug-likeness (QED) is 0.365. The molecule has 4 aromatic rings. The summed E-state index contributed by atoms with van der Waals surface area (Å²) < 4.78 is 2.78. The number of thiazole rings is 1. The zero-order chi connectivity index (χ0) is 20.2. The molecule has 4 rings (SSSR count). The van der Waals surface area contributed by atoms with Gasteiger partial charge in [-0.1, -0.05) is 46.7 Å². The first kappa shape index (κ1) is 19.9.